The molecule has 6 heteroatoms. The van der Waals surface area contributed by atoms with E-state index in [2.05, 4.69) is 19.0 Å². The molecule has 1 aliphatic carbocycles. The molecule has 4 nitrogen and oxygen atoms in total. The number of halogens is 2. The lowest BCUT2D eigenvalue weighted by molar-refractivity contribution is -0.124. The van der Waals surface area contributed by atoms with Crippen LogP contribution in [0.3, 0.4) is 0 Å². The van der Waals surface area contributed by atoms with Crippen LogP contribution in [0.5, 0.6) is 0 Å². The Kier molecular flexibility index (Phi) is 6.09. The zero-order chi connectivity index (χ0) is 16.3. The standard InChI is InChI=1S/C16H22Cl2N2O2/c1-11(21)20(13-7-8-14(17)15(18)9-13)22-10-12-5-4-6-16(12)19(2)3/h7-9,12,16H,4-6,10H2,1-3H3. The molecule has 0 radical (unpaired) electrons. The number of carbonyl (C=O) groups is 1. The molecule has 0 spiro atoms. The fraction of sp³-hybridized carbons (Fsp3) is 0.562. The highest BCUT2D eigenvalue weighted by Crippen LogP contribution is 2.31. The smallest absolute Gasteiger partial charge is 0.247 e. The zero-order valence-corrected chi connectivity index (χ0v) is 14.7. The van der Waals surface area contributed by atoms with Crippen LogP contribution < -0.4 is 5.06 Å². The molecule has 0 N–H and O–H groups in total. The quantitative estimate of drug-likeness (QED) is 0.756. The van der Waals surface area contributed by atoms with E-state index in [1.165, 1.54) is 24.8 Å². The van der Waals surface area contributed by atoms with E-state index < -0.39 is 0 Å². The molecule has 122 valence electrons. The molecule has 0 aliphatic heterocycles. The zero-order valence-electron chi connectivity index (χ0n) is 13.2. The summed E-state index contributed by atoms with van der Waals surface area (Å²) < 4.78 is 0. The van der Waals surface area contributed by atoms with Gasteiger partial charge in [-0.25, -0.2) is 0 Å². The van der Waals surface area contributed by atoms with E-state index in [4.69, 9.17) is 28.0 Å². The van der Waals surface area contributed by atoms with Gasteiger partial charge in [0.15, 0.2) is 0 Å². The summed E-state index contributed by atoms with van der Waals surface area (Å²) in [6, 6.07) is 5.54. The van der Waals surface area contributed by atoms with Crippen LogP contribution in [0.25, 0.3) is 0 Å². The summed E-state index contributed by atoms with van der Waals surface area (Å²) in [6.07, 6.45) is 3.49. The van der Waals surface area contributed by atoms with Crippen LogP contribution in [-0.2, 0) is 9.63 Å². The van der Waals surface area contributed by atoms with Gasteiger partial charge in [0, 0.05) is 18.9 Å². The Bertz CT molecular complexity index is 537. The Morgan fingerprint density at radius 2 is 2.00 bits per heavy atom. The third kappa shape index (κ3) is 4.13. The SMILES string of the molecule is CC(=O)N(OCC1CCCC1N(C)C)c1ccc(Cl)c(Cl)c1. The first-order valence-corrected chi connectivity index (χ1v) is 8.21. The maximum absolute atomic E-state index is 11.9. The summed E-state index contributed by atoms with van der Waals surface area (Å²) >= 11 is 11.9. The van der Waals surface area contributed by atoms with E-state index in [-0.39, 0.29) is 5.91 Å². The highest BCUT2D eigenvalue weighted by atomic mass is 35.5. The normalized spacial score (nSPS) is 21.4. The number of hydroxylamine groups is 1. The number of hydrogen-bond acceptors (Lipinski definition) is 3. The maximum Gasteiger partial charge on any atom is 0.247 e. The Morgan fingerprint density at radius 1 is 1.27 bits per heavy atom. The minimum Gasteiger partial charge on any atom is -0.306 e. The number of benzene rings is 1. The van der Waals surface area contributed by atoms with Crippen LogP contribution in [0.15, 0.2) is 18.2 Å². The topological polar surface area (TPSA) is 32.8 Å². The largest absolute Gasteiger partial charge is 0.306 e. The van der Waals surface area contributed by atoms with Gasteiger partial charge in [0.25, 0.3) is 0 Å². The van der Waals surface area contributed by atoms with Crippen molar-refractivity contribution in [3.05, 3.63) is 28.2 Å². The third-order valence-corrected chi connectivity index (χ3v) is 4.86. The summed E-state index contributed by atoms with van der Waals surface area (Å²) in [5, 5.41) is 2.16. The van der Waals surface area contributed by atoms with Gasteiger partial charge in [0.2, 0.25) is 5.91 Å². The molecule has 0 aromatic heterocycles. The molecule has 2 atom stereocenters. The first-order valence-electron chi connectivity index (χ1n) is 7.45. The van der Waals surface area contributed by atoms with Crippen molar-refractivity contribution >= 4 is 34.8 Å². The summed E-state index contributed by atoms with van der Waals surface area (Å²) in [6.45, 7) is 1.99. The van der Waals surface area contributed by atoms with Crippen molar-refractivity contribution in [3.63, 3.8) is 0 Å². The number of amides is 1. The van der Waals surface area contributed by atoms with Crippen LogP contribution in [0.1, 0.15) is 26.2 Å². The molecule has 2 unspecified atom stereocenters. The molecule has 1 aliphatic rings. The van der Waals surface area contributed by atoms with Crippen molar-refractivity contribution in [1.29, 1.82) is 0 Å². The minimum absolute atomic E-state index is 0.183. The van der Waals surface area contributed by atoms with Gasteiger partial charge in [0.1, 0.15) is 0 Å². The van der Waals surface area contributed by atoms with Gasteiger partial charge in [-0.15, -0.1) is 0 Å². The Hall–Kier alpha value is -0.810. The molecular formula is C16H22Cl2N2O2. The lowest BCUT2D eigenvalue weighted by Crippen LogP contribution is -2.37. The van der Waals surface area contributed by atoms with Crippen LogP contribution >= 0.6 is 23.2 Å². The monoisotopic (exact) mass is 344 g/mol. The fourth-order valence-corrected chi connectivity index (χ4v) is 3.31. The first kappa shape index (κ1) is 17.5. The number of nitrogens with zero attached hydrogens (tertiary/aromatic N) is 2. The number of anilines is 1. The van der Waals surface area contributed by atoms with Crippen LogP contribution in [0, 0.1) is 5.92 Å². The third-order valence-electron chi connectivity index (χ3n) is 4.12. The second-order valence-corrected chi connectivity index (χ2v) is 6.74. The van der Waals surface area contributed by atoms with Crippen molar-refractivity contribution in [2.45, 2.75) is 32.2 Å². The van der Waals surface area contributed by atoms with E-state index in [0.29, 0.717) is 34.3 Å². The lowest BCUT2D eigenvalue weighted by atomic mass is 10.0. The van der Waals surface area contributed by atoms with Crippen molar-refractivity contribution in [1.82, 2.24) is 4.90 Å². The van der Waals surface area contributed by atoms with E-state index in [9.17, 15) is 4.79 Å². The molecule has 2 rings (SSSR count). The predicted molar refractivity (Wildman–Crippen MR) is 90.4 cm³/mol. The van der Waals surface area contributed by atoms with E-state index in [0.717, 1.165) is 6.42 Å². The predicted octanol–water partition coefficient (Wildman–Crippen LogP) is 4.01. The Balaban J connectivity index is 2.06. The van der Waals surface area contributed by atoms with Gasteiger partial charge in [-0.2, -0.15) is 5.06 Å². The molecular weight excluding hydrogens is 323 g/mol. The van der Waals surface area contributed by atoms with Gasteiger partial charge >= 0.3 is 0 Å². The molecule has 0 bridgehead atoms. The summed E-state index contributed by atoms with van der Waals surface area (Å²) in [5.74, 6) is 0.248. The minimum atomic E-state index is -0.183. The molecule has 1 fully saturated rings. The van der Waals surface area contributed by atoms with Gasteiger partial charge in [-0.05, 0) is 45.1 Å². The Labute approximate surface area is 141 Å². The second kappa shape index (κ2) is 7.64. The van der Waals surface area contributed by atoms with Crippen molar-refractivity contribution < 1.29 is 9.63 Å². The average molecular weight is 345 g/mol. The van der Waals surface area contributed by atoms with E-state index in [1.807, 2.05) is 0 Å². The van der Waals surface area contributed by atoms with Gasteiger partial charge in [-0.3, -0.25) is 9.63 Å². The highest BCUT2D eigenvalue weighted by Gasteiger charge is 2.30. The summed E-state index contributed by atoms with van der Waals surface area (Å²) in [4.78, 5) is 19.9. The van der Waals surface area contributed by atoms with Crippen LogP contribution in [0.4, 0.5) is 5.69 Å². The molecule has 1 aromatic carbocycles. The molecule has 0 heterocycles. The van der Waals surface area contributed by atoms with E-state index in [1.54, 1.807) is 18.2 Å². The molecule has 1 aromatic rings. The molecule has 1 amide bonds. The number of carbonyl (C=O) groups excluding carboxylic acids is 1. The molecule has 0 saturated heterocycles. The van der Waals surface area contributed by atoms with Crippen LogP contribution in [-0.4, -0.2) is 37.6 Å². The van der Waals surface area contributed by atoms with Gasteiger partial charge < -0.3 is 4.90 Å². The van der Waals surface area contributed by atoms with Crippen molar-refractivity contribution in [2.75, 3.05) is 25.8 Å². The van der Waals surface area contributed by atoms with Gasteiger partial charge in [0.05, 0.1) is 22.3 Å². The van der Waals surface area contributed by atoms with E-state index >= 15 is 0 Å². The molecule has 1 saturated carbocycles. The fourth-order valence-electron chi connectivity index (χ4n) is 3.02. The Morgan fingerprint density at radius 3 is 2.59 bits per heavy atom. The first-order chi connectivity index (χ1) is 10.4. The summed E-state index contributed by atoms with van der Waals surface area (Å²) in [7, 11) is 4.18. The number of rotatable bonds is 5. The average Bonchev–Trinajstić information content (AvgIpc) is 2.91. The lowest BCUT2D eigenvalue weighted by Gasteiger charge is -2.28. The summed E-state index contributed by atoms with van der Waals surface area (Å²) in [5.41, 5.74) is 0.598. The molecule has 22 heavy (non-hydrogen) atoms. The maximum atomic E-state index is 11.9. The van der Waals surface area contributed by atoms with Crippen molar-refractivity contribution in [2.24, 2.45) is 5.92 Å². The van der Waals surface area contributed by atoms with Crippen molar-refractivity contribution in [3.8, 4) is 0 Å². The highest BCUT2D eigenvalue weighted by molar-refractivity contribution is 6.42. The number of hydrogen-bond donors (Lipinski definition) is 0. The second-order valence-electron chi connectivity index (χ2n) is 5.93. The van der Waals surface area contributed by atoms with Gasteiger partial charge in [-0.1, -0.05) is 29.6 Å². The van der Waals surface area contributed by atoms with Crippen LogP contribution in [0.2, 0.25) is 10.0 Å².